The molecule has 0 bridgehead atoms. The van der Waals surface area contributed by atoms with E-state index in [-0.39, 0.29) is 0 Å². The average Bonchev–Trinajstić information content (AvgIpc) is 2.45. The minimum Gasteiger partial charge on any atom is -0.388 e. The molecule has 0 saturated heterocycles. The van der Waals surface area contributed by atoms with Gasteiger partial charge in [-0.2, -0.15) is 0 Å². The number of hydrogen-bond donors (Lipinski definition) is 1. The minimum absolute atomic E-state index is 0.451. The van der Waals surface area contributed by atoms with Gasteiger partial charge in [-0.3, -0.25) is 0 Å². The Morgan fingerprint density at radius 3 is 2.33 bits per heavy atom. The van der Waals surface area contributed by atoms with Gasteiger partial charge in [0.1, 0.15) is 0 Å². The van der Waals surface area contributed by atoms with Crippen molar-refractivity contribution in [3.8, 4) is 0 Å². The molecule has 18 heavy (non-hydrogen) atoms. The van der Waals surface area contributed by atoms with Crippen molar-refractivity contribution in [1.29, 1.82) is 0 Å². The second-order valence-corrected chi connectivity index (χ2v) is 5.08. The van der Waals surface area contributed by atoms with E-state index in [4.69, 9.17) is 0 Å². The fourth-order valence-electron chi connectivity index (χ4n) is 2.32. The molecule has 3 rings (SSSR count). The summed E-state index contributed by atoms with van der Waals surface area (Å²) in [4.78, 5) is 0. The van der Waals surface area contributed by atoms with Gasteiger partial charge in [-0.05, 0) is 33.2 Å². The third-order valence-corrected chi connectivity index (χ3v) is 3.91. The Bertz CT molecular complexity index is 706. The topological polar surface area (TPSA) is 20.2 Å². The van der Waals surface area contributed by atoms with Crippen molar-refractivity contribution in [3.63, 3.8) is 0 Å². The molecule has 0 radical (unpaired) electrons. The Morgan fingerprint density at radius 1 is 0.889 bits per heavy atom. The predicted octanol–water partition coefficient (Wildman–Crippen LogP) is 4.42. The van der Waals surface area contributed by atoms with Crippen molar-refractivity contribution < 1.29 is 5.11 Å². The van der Waals surface area contributed by atoms with Crippen LogP contribution in [0.4, 0.5) is 0 Å². The van der Waals surface area contributed by atoms with Crippen LogP contribution < -0.4 is 0 Å². The summed E-state index contributed by atoms with van der Waals surface area (Å²) in [7, 11) is 0. The van der Waals surface area contributed by atoms with Gasteiger partial charge in [0.15, 0.2) is 0 Å². The Labute approximate surface area is 114 Å². The molecule has 0 aromatic heterocycles. The zero-order valence-corrected chi connectivity index (χ0v) is 11.4. The second kappa shape index (κ2) is 4.71. The number of benzene rings is 3. The molecule has 3 aromatic carbocycles. The highest BCUT2D eigenvalue weighted by atomic mass is 79.9. The van der Waals surface area contributed by atoms with E-state index in [0.717, 1.165) is 5.56 Å². The van der Waals surface area contributed by atoms with Crippen molar-refractivity contribution in [2.24, 2.45) is 0 Å². The van der Waals surface area contributed by atoms with E-state index < -0.39 is 6.10 Å². The van der Waals surface area contributed by atoms with Gasteiger partial charge in [0, 0.05) is 5.33 Å². The SMILES string of the molecule is O[C@H](CBr)c1ccc2ccc3ccccc3c2c1. The number of rotatable bonds is 2. The molecule has 0 fully saturated rings. The molecule has 0 aliphatic rings. The zero-order chi connectivity index (χ0) is 12.5. The van der Waals surface area contributed by atoms with Crippen molar-refractivity contribution in [2.75, 3.05) is 5.33 Å². The maximum absolute atomic E-state index is 9.91. The summed E-state index contributed by atoms with van der Waals surface area (Å²) in [6.07, 6.45) is -0.451. The van der Waals surface area contributed by atoms with Crippen molar-refractivity contribution in [3.05, 3.63) is 60.2 Å². The van der Waals surface area contributed by atoms with Gasteiger partial charge < -0.3 is 5.11 Å². The fraction of sp³-hybridized carbons (Fsp3) is 0.125. The highest BCUT2D eigenvalue weighted by Crippen LogP contribution is 2.28. The first-order chi connectivity index (χ1) is 8.79. The first kappa shape index (κ1) is 11.7. The van der Waals surface area contributed by atoms with E-state index in [1.165, 1.54) is 21.5 Å². The maximum Gasteiger partial charge on any atom is 0.0887 e. The Hall–Kier alpha value is -1.38. The van der Waals surface area contributed by atoms with Crippen LogP contribution in [-0.4, -0.2) is 10.4 Å². The maximum atomic E-state index is 9.91. The van der Waals surface area contributed by atoms with Gasteiger partial charge >= 0.3 is 0 Å². The van der Waals surface area contributed by atoms with Crippen LogP contribution in [0.15, 0.2) is 54.6 Å². The third kappa shape index (κ3) is 1.92. The van der Waals surface area contributed by atoms with E-state index in [1.54, 1.807) is 0 Å². The fourth-order valence-corrected chi connectivity index (χ4v) is 2.69. The van der Waals surface area contributed by atoms with Crippen LogP contribution in [0.3, 0.4) is 0 Å². The lowest BCUT2D eigenvalue weighted by Gasteiger charge is -2.10. The van der Waals surface area contributed by atoms with Crippen LogP contribution in [0.1, 0.15) is 11.7 Å². The number of alkyl halides is 1. The largest absolute Gasteiger partial charge is 0.388 e. The molecule has 0 heterocycles. The Morgan fingerprint density at radius 2 is 1.56 bits per heavy atom. The number of halogens is 1. The highest BCUT2D eigenvalue weighted by molar-refractivity contribution is 9.09. The molecule has 90 valence electrons. The molecule has 0 spiro atoms. The lowest BCUT2D eigenvalue weighted by atomic mass is 9.99. The smallest absolute Gasteiger partial charge is 0.0887 e. The summed E-state index contributed by atoms with van der Waals surface area (Å²) in [6.45, 7) is 0. The Kier molecular flexibility index (Phi) is 3.06. The van der Waals surface area contributed by atoms with Crippen LogP contribution >= 0.6 is 15.9 Å². The molecular weight excluding hydrogens is 288 g/mol. The lowest BCUT2D eigenvalue weighted by Crippen LogP contribution is -1.97. The summed E-state index contributed by atoms with van der Waals surface area (Å²) in [5.41, 5.74) is 0.954. The van der Waals surface area contributed by atoms with Gasteiger partial charge in [0.05, 0.1) is 6.10 Å². The average molecular weight is 301 g/mol. The van der Waals surface area contributed by atoms with Gasteiger partial charge in [-0.15, -0.1) is 0 Å². The zero-order valence-electron chi connectivity index (χ0n) is 9.81. The minimum atomic E-state index is -0.451. The summed E-state index contributed by atoms with van der Waals surface area (Å²) < 4.78 is 0. The molecule has 0 aliphatic carbocycles. The van der Waals surface area contributed by atoms with Crippen molar-refractivity contribution >= 4 is 37.5 Å². The molecule has 3 aromatic rings. The van der Waals surface area contributed by atoms with Gasteiger partial charge in [-0.25, -0.2) is 0 Å². The van der Waals surface area contributed by atoms with E-state index in [0.29, 0.717) is 5.33 Å². The van der Waals surface area contributed by atoms with E-state index in [1.807, 2.05) is 12.1 Å². The molecule has 1 nitrogen and oxygen atoms in total. The summed E-state index contributed by atoms with van der Waals surface area (Å²) in [5.74, 6) is 0. The monoisotopic (exact) mass is 300 g/mol. The quantitative estimate of drug-likeness (QED) is 0.548. The first-order valence-corrected chi connectivity index (χ1v) is 7.07. The standard InChI is InChI=1S/C16H13BrO/c17-10-16(18)13-8-7-12-6-5-11-3-1-2-4-14(11)15(12)9-13/h1-9,16,18H,10H2/t16-/m1/s1. The number of hydrogen-bond acceptors (Lipinski definition) is 1. The number of aliphatic hydroxyl groups excluding tert-OH is 1. The molecule has 1 atom stereocenters. The molecular formula is C16H13BrO. The molecule has 1 N–H and O–H groups in total. The summed E-state index contributed by atoms with van der Waals surface area (Å²) >= 11 is 3.32. The first-order valence-electron chi connectivity index (χ1n) is 5.95. The van der Waals surface area contributed by atoms with Crippen LogP contribution in [0.2, 0.25) is 0 Å². The number of fused-ring (bicyclic) bond motifs is 3. The molecule has 0 unspecified atom stereocenters. The van der Waals surface area contributed by atoms with Gasteiger partial charge in [0.2, 0.25) is 0 Å². The molecule has 0 aliphatic heterocycles. The highest BCUT2D eigenvalue weighted by Gasteiger charge is 2.07. The van der Waals surface area contributed by atoms with E-state index >= 15 is 0 Å². The van der Waals surface area contributed by atoms with Crippen LogP contribution in [0.5, 0.6) is 0 Å². The molecule has 0 saturated carbocycles. The molecule has 0 amide bonds. The lowest BCUT2D eigenvalue weighted by molar-refractivity contribution is 0.205. The summed E-state index contributed by atoms with van der Waals surface area (Å²) in [5, 5.41) is 15.3. The Balaban J connectivity index is 2.33. The normalized spacial score (nSPS) is 13.0. The van der Waals surface area contributed by atoms with Crippen LogP contribution in [0, 0.1) is 0 Å². The van der Waals surface area contributed by atoms with Crippen LogP contribution in [0.25, 0.3) is 21.5 Å². The van der Waals surface area contributed by atoms with Gasteiger partial charge in [-0.1, -0.05) is 64.5 Å². The van der Waals surface area contributed by atoms with Gasteiger partial charge in [0.25, 0.3) is 0 Å². The van der Waals surface area contributed by atoms with Crippen molar-refractivity contribution in [1.82, 2.24) is 0 Å². The van der Waals surface area contributed by atoms with Crippen molar-refractivity contribution in [2.45, 2.75) is 6.10 Å². The van der Waals surface area contributed by atoms with E-state index in [2.05, 4.69) is 58.4 Å². The second-order valence-electron chi connectivity index (χ2n) is 4.44. The van der Waals surface area contributed by atoms with Crippen LogP contribution in [-0.2, 0) is 0 Å². The predicted molar refractivity (Wildman–Crippen MR) is 80.2 cm³/mol. The number of aliphatic hydroxyl groups is 1. The molecule has 2 heteroatoms. The summed E-state index contributed by atoms with van der Waals surface area (Å²) in [6, 6.07) is 18.8. The third-order valence-electron chi connectivity index (χ3n) is 3.30. The van der Waals surface area contributed by atoms with E-state index in [9.17, 15) is 5.11 Å².